The Kier molecular flexibility index (Phi) is 4.39. The van der Waals surface area contributed by atoms with E-state index in [0.717, 1.165) is 9.75 Å². The zero-order valence-corrected chi connectivity index (χ0v) is 11.9. The Bertz CT molecular complexity index is 478. The second-order valence-electron chi connectivity index (χ2n) is 4.94. The summed E-state index contributed by atoms with van der Waals surface area (Å²) in [5.41, 5.74) is -2.21. The zero-order chi connectivity index (χ0) is 14.8. The van der Waals surface area contributed by atoms with E-state index < -0.39 is 24.2 Å². The first-order chi connectivity index (χ1) is 9.32. The second kappa shape index (κ2) is 5.73. The van der Waals surface area contributed by atoms with Crippen molar-refractivity contribution >= 4 is 17.2 Å². The summed E-state index contributed by atoms with van der Waals surface area (Å²) in [4.78, 5) is 13.9. The smallest absolute Gasteiger partial charge is 0.379 e. The number of halogens is 3. The van der Waals surface area contributed by atoms with Crippen LogP contribution in [0, 0.1) is 6.92 Å². The molecule has 1 saturated heterocycles. The highest BCUT2D eigenvalue weighted by Gasteiger charge is 2.57. The number of carbonyl (C=O) groups excluding carboxylic acids is 1. The van der Waals surface area contributed by atoms with Gasteiger partial charge in [0.1, 0.15) is 0 Å². The van der Waals surface area contributed by atoms with Crippen LogP contribution in [0.3, 0.4) is 0 Å². The Labute approximate surface area is 119 Å². The Morgan fingerprint density at radius 3 is 2.75 bits per heavy atom. The van der Waals surface area contributed by atoms with Gasteiger partial charge in [0.05, 0.1) is 6.61 Å². The first-order valence-corrected chi connectivity index (χ1v) is 7.15. The molecule has 1 amide bonds. The Balaban J connectivity index is 1.92. The molecule has 20 heavy (non-hydrogen) atoms. The number of hydrogen-bond donors (Lipinski definition) is 1. The molecule has 0 spiro atoms. The molecule has 1 unspecified atom stereocenters. The van der Waals surface area contributed by atoms with Crippen molar-refractivity contribution < 1.29 is 22.7 Å². The predicted octanol–water partition coefficient (Wildman–Crippen LogP) is 2.83. The minimum atomic E-state index is -4.49. The average molecular weight is 307 g/mol. The molecule has 0 aromatic carbocycles. The van der Waals surface area contributed by atoms with Crippen LogP contribution in [0.25, 0.3) is 0 Å². The van der Waals surface area contributed by atoms with Gasteiger partial charge >= 0.3 is 6.18 Å². The number of hydrogen-bond acceptors (Lipinski definition) is 3. The highest BCUT2D eigenvalue weighted by Crippen LogP contribution is 2.36. The van der Waals surface area contributed by atoms with E-state index in [4.69, 9.17) is 4.74 Å². The van der Waals surface area contributed by atoms with E-state index in [2.05, 4.69) is 5.32 Å². The highest BCUT2D eigenvalue weighted by atomic mass is 32.1. The van der Waals surface area contributed by atoms with Gasteiger partial charge < -0.3 is 10.1 Å². The van der Waals surface area contributed by atoms with E-state index in [1.165, 1.54) is 0 Å². The van der Waals surface area contributed by atoms with E-state index in [0.29, 0.717) is 6.42 Å². The van der Waals surface area contributed by atoms with Gasteiger partial charge in [0.25, 0.3) is 0 Å². The largest absolute Gasteiger partial charge is 0.413 e. The Morgan fingerprint density at radius 1 is 1.50 bits per heavy atom. The highest BCUT2D eigenvalue weighted by molar-refractivity contribution is 7.11. The number of rotatable bonds is 4. The molecule has 1 aromatic heterocycles. The summed E-state index contributed by atoms with van der Waals surface area (Å²) in [6, 6.07) is 3.82. The molecule has 7 heteroatoms. The zero-order valence-electron chi connectivity index (χ0n) is 11.0. The van der Waals surface area contributed by atoms with E-state index >= 15 is 0 Å². The van der Waals surface area contributed by atoms with E-state index in [-0.39, 0.29) is 19.4 Å². The summed E-state index contributed by atoms with van der Waals surface area (Å²) in [5, 5.41) is 2.13. The summed E-state index contributed by atoms with van der Waals surface area (Å²) in [5.74, 6) is -0.584. The normalized spacial score (nSPS) is 23.0. The lowest BCUT2D eigenvalue weighted by atomic mass is 9.97. The lowest BCUT2D eigenvalue weighted by molar-refractivity contribution is -0.197. The number of aryl methyl sites for hydroxylation is 2. The van der Waals surface area contributed by atoms with Gasteiger partial charge in [0.2, 0.25) is 5.91 Å². The number of ether oxygens (including phenoxy) is 1. The third-order valence-electron chi connectivity index (χ3n) is 3.34. The minimum Gasteiger partial charge on any atom is -0.379 e. The average Bonchev–Trinajstić information content (AvgIpc) is 2.95. The van der Waals surface area contributed by atoms with Crippen molar-refractivity contribution in [2.24, 2.45) is 0 Å². The van der Waals surface area contributed by atoms with Crippen LogP contribution < -0.4 is 5.32 Å². The molecule has 2 heterocycles. The first kappa shape index (κ1) is 15.3. The number of amides is 1. The van der Waals surface area contributed by atoms with E-state index in [9.17, 15) is 18.0 Å². The van der Waals surface area contributed by atoms with Gasteiger partial charge in [-0.1, -0.05) is 0 Å². The monoisotopic (exact) mass is 307 g/mol. The van der Waals surface area contributed by atoms with Gasteiger partial charge in [-0.05, 0) is 25.5 Å². The summed E-state index contributed by atoms with van der Waals surface area (Å²) >= 11 is 1.55. The quantitative estimate of drug-likeness (QED) is 0.929. The molecule has 1 atom stereocenters. The molecular formula is C13H16F3NO2S. The number of nitrogens with one attached hydrogen (secondary N) is 1. The van der Waals surface area contributed by atoms with Crippen LogP contribution in [-0.4, -0.2) is 30.8 Å². The van der Waals surface area contributed by atoms with E-state index in [1.807, 2.05) is 19.1 Å². The molecular weight excluding hydrogens is 291 g/mol. The van der Waals surface area contributed by atoms with Gasteiger partial charge in [-0.15, -0.1) is 11.3 Å². The van der Waals surface area contributed by atoms with Gasteiger partial charge in [0.15, 0.2) is 5.54 Å². The predicted molar refractivity (Wildman–Crippen MR) is 69.7 cm³/mol. The van der Waals surface area contributed by atoms with Crippen LogP contribution in [0.1, 0.15) is 22.6 Å². The molecule has 1 aromatic rings. The molecule has 0 saturated carbocycles. The third-order valence-corrected chi connectivity index (χ3v) is 4.40. The Morgan fingerprint density at radius 2 is 2.25 bits per heavy atom. The van der Waals surface area contributed by atoms with Crippen molar-refractivity contribution in [1.29, 1.82) is 0 Å². The molecule has 0 aliphatic carbocycles. The van der Waals surface area contributed by atoms with Crippen LogP contribution >= 0.6 is 11.3 Å². The minimum absolute atomic E-state index is 0.0178. The summed E-state index contributed by atoms with van der Waals surface area (Å²) in [6.07, 6.45) is -4.20. The standard InChI is InChI=1S/C13H16F3NO2S/c1-9-2-3-10(20-9)4-5-11(18)17-12(13(14,15)16)6-7-19-8-12/h2-3H,4-8H2,1H3,(H,17,18). The molecule has 1 fully saturated rings. The Hall–Kier alpha value is -1.08. The fourth-order valence-corrected chi connectivity index (χ4v) is 3.03. The number of thiophene rings is 1. The molecule has 112 valence electrons. The SMILES string of the molecule is Cc1ccc(CCC(=O)NC2(C(F)(F)F)CCOC2)s1. The maximum absolute atomic E-state index is 13.1. The van der Waals surface area contributed by atoms with Gasteiger partial charge in [-0.2, -0.15) is 13.2 Å². The van der Waals surface area contributed by atoms with Crippen molar-refractivity contribution in [3.8, 4) is 0 Å². The molecule has 3 nitrogen and oxygen atoms in total. The van der Waals surface area contributed by atoms with Crippen LogP contribution in [0.4, 0.5) is 13.2 Å². The third kappa shape index (κ3) is 3.32. The second-order valence-corrected chi connectivity index (χ2v) is 6.32. The molecule has 1 N–H and O–H groups in total. The maximum Gasteiger partial charge on any atom is 0.413 e. The van der Waals surface area contributed by atoms with Crippen LogP contribution in [0.2, 0.25) is 0 Å². The van der Waals surface area contributed by atoms with Crippen molar-refractivity contribution in [3.63, 3.8) is 0 Å². The van der Waals surface area contributed by atoms with Gasteiger partial charge in [0, 0.05) is 29.2 Å². The lowest BCUT2D eigenvalue weighted by Gasteiger charge is -2.31. The van der Waals surface area contributed by atoms with Crippen LogP contribution in [-0.2, 0) is 16.0 Å². The number of carbonyl (C=O) groups is 1. The summed E-state index contributed by atoms with van der Waals surface area (Å²) in [7, 11) is 0. The lowest BCUT2D eigenvalue weighted by Crippen LogP contribution is -2.59. The van der Waals surface area contributed by atoms with Crippen LogP contribution in [0.5, 0.6) is 0 Å². The first-order valence-electron chi connectivity index (χ1n) is 6.33. The van der Waals surface area contributed by atoms with Crippen molar-refractivity contribution in [2.45, 2.75) is 37.9 Å². The molecule has 0 bridgehead atoms. The topological polar surface area (TPSA) is 38.3 Å². The molecule has 1 aliphatic heterocycles. The molecule has 0 radical (unpaired) electrons. The number of alkyl halides is 3. The van der Waals surface area contributed by atoms with Crippen molar-refractivity contribution in [2.75, 3.05) is 13.2 Å². The maximum atomic E-state index is 13.1. The van der Waals surface area contributed by atoms with Gasteiger partial charge in [-0.3, -0.25) is 4.79 Å². The van der Waals surface area contributed by atoms with Crippen molar-refractivity contribution in [3.05, 3.63) is 21.9 Å². The van der Waals surface area contributed by atoms with E-state index in [1.54, 1.807) is 11.3 Å². The fourth-order valence-electron chi connectivity index (χ4n) is 2.14. The fraction of sp³-hybridized carbons (Fsp3) is 0.615. The van der Waals surface area contributed by atoms with Crippen LogP contribution in [0.15, 0.2) is 12.1 Å². The molecule has 2 rings (SSSR count). The van der Waals surface area contributed by atoms with Crippen molar-refractivity contribution in [1.82, 2.24) is 5.32 Å². The summed E-state index contributed by atoms with van der Waals surface area (Å²) < 4.78 is 44.0. The van der Waals surface area contributed by atoms with Gasteiger partial charge in [-0.25, -0.2) is 0 Å². The summed E-state index contributed by atoms with van der Waals surface area (Å²) in [6.45, 7) is 1.47. The molecule has 1 aliphatic rings.